The van der Waals surface area contributed by atoms with Crippen molar-refractivity contribution >= 4 is 32.4 Å². The Bertz CT molecular complexity index is 1330. The third-order valence-electron chi connectivity index (χ3n) is 4.70. The van der Waals surface area contributed by atoms with Crippen LogP contribution in [-0.2, 0) is 21.2 Å². The predicted molar refractivity (Wildman–Crippen MR) is 125 cm³/mol. The van der Waals surface area contributed by atoms with E-state index in [9.17, 15) is 17.6 Å². The minimum Gasteiger partial charge on any atom is -0.299 e. The molecule has 0 radical (unpaired) electrons. The number of carbonyl (C=O) groups is 1. The van der Waals surface area contributed by atoms with E-state index < -0.39 is 22.0 Å². The molecule has 0 aliphatic rings. The molecule has 1 heterocycles. The van der Waals surface area contributed by atoms with Gasteiger partial charge in [0.05, 0.1) is 4.90 Å². The Morgan fingerprint density at radius 3 is 2.21 bits per heavy atom. The molecule has 1 aromatic heterocycles. The van der Waals surface area contributed by atoms with Crippen molar-refractivity contribution in [3.8, 4) is 10.6 Å². The first-order valence-corrected chi connectivity index (χ1v) is 12.2. The summed E-state index contributed by atoms with van der Waals surface area (Å²) in [6.45, 7) is 0. The molecule has 0 aliphatic carbocycles. The highest BCUT2D eigenvalue weighted by Crippen LogP contribution is 2.26. The minimum atomic E-state index is -3.94. The molecule has 168 valence electrons. The normalized spacial score (nSPS) is 12.3. The molecule has 10 heteroatoms. The van der Waals surface area contributed by atoms with E-state index in [0.717, 1.165) is 16.9 Å². The van der Waals surface area contributed by atoms with Crippen molar-refractivity contribution in [1.82, 2.24) is 14.9 Å². The Kier molecular flexibility index (Phi) is 6.87. The Hall–Kier alpha value is -3.47. The van der Waals surface area contributed by atoms with E-state index in [2.05, 4.69) is 20.2 Å². The second-order valence-electron chi connectivity index (χ2n) is 7.09. The number of nitrogens with one attached hydrogen (secondary N) is 2. The van der Waals surface area contributed by atoms with Crippen LogP contribution in [0.3, 0.4) is 0 Å². The summed E-state index contributed by atoms with van der Waals surface area (Å²) in [7, 11) is -3.94. The lowest BCUT2D eigenvalue weighted by atomic mass is 10.1. The zero-order chi connectivity index (χ0) is 23.3. The molecular weight excluding hydrogens is 463 g/mol. The van der Waals surface area contributed by atoms with E-state index in [0.29, 0.717) is 10.6 Å². The number of halogens is 1. The number of benzene rings is 3. The van der Waals surface area contributed by atoms with Gasteiger partial charge < -0.3 is 0 Å². The molecule has 4 aromatic rings. The monoisotopic (exact) mass is 482 g/mol. The van der Waals surface area contributed by atoms with E-state index in [-0.39, 0.29) is 22.3 Å². The van der Waals surface area contributed by atoms with Crippen LogP contribution >= 0.6 is 11.3 Å². The average molecular weight is 483 g/mol. The summed E-state index contributed by atoms with van der Waals surface area (Å²) in [6, 6.07) is 21.6. The lowest BCUT2D eigenvalue weighted by Crippen LogP contribution is -2.45. The average Bonchev–Trinajstić information content (AvgIpc) is 3.28. The Labute approximate surface area is 194 Å². The van der Waals surface area contributed by atoms with Crippen LogP contribution in [0.4, 0.5) is 9.52 Å². The largest absolute Gasteiger partial charge is 0.299 e. The molecule has 2 N–H and O–H groups in total. The number of rotatable bonds is 8. The summed E-state index contributed by atoms with van der Waals surface area (Å²) in [5, 5.41) is 11.3. The third-order valence-corrected chi connectivity index (χ3v) is 7.07. The SMILES string of the molecule is O=C(Nc1nnc(-c2ccc(F)cc2)s1)C(Cc1ccccc1)NS(=O)(=O)c1ccccc1. The van der Waals surface area contributed by atoms with Gasteiger partial charge in [-0.3, -0.25) is 10.1 Å². The summed E-state index contributed by atoms with van der Waals surface area (Å²) in [5.41, 5.74) is 1.44. The number of sulfonamides is 1. The van der Waals surface area contributed by atoms with Crippen LogP contribution in [0, 0.1) is 5.82 Å². The van der Waals surface area contributed by atoms with E-state index in [1.165, 1.54) is 24.3 Å². The van der Waals surface area contributed by atoms with Crippen LogP contribution in [-0.4, -0.2) is 30.6 Å². The van der Waals surface area contributed by atoms with E-state index in [1.807, 2.05) is 30.3 Å². The number of hydrogen-bond acceptors (Lipinski definition) is 6. The summed E-state index contributed by atoms with van der Waals surface area (Å²) >= 11 is 1.10. The molecule has 4 rings (SSSR count). The van der Waals surface area contributed by atoms with Gasteiger partial charge in [-0.1, -0.05) is 59.9 Å². The van der Waals surface area contributed by atoms with Gasteiger partial charge in [0.25, 0.3) is 0 Å². The fourth-order valence-electron chi connectivity index (χ4n) is 3.07. The van der Waals surface area contributed by atoms with Gasteiger partial charge in [0.15, 0.2) is 0 Å². The maximum absolute atomic E-state index is 13.2. The molecule has 0 spiro atoms. The van der Waals surface area contributed by atoms with Crippen molar-refractivity contribution in [2.45, 2.75) is 17.4 Å². The highest BCUT2D eigenvalue weighted by molar-refractivity contribution is 7.89. The van der Waals surface area contributed by atoms with Gasteiger partial charge in [0, 0.05) is 5.56 Å². The molecule has 1 unspecified atom stereocenters. The number of aromatic nitrogens is 2. The molecule has 0 saturated heterocycles. The summed E-state index contributed by atoms with van der Waals surface area (Å²) < 4.78 is 41.4. The first kappa shape index (κ1) is 22.7. The molecular formula is C23H19FN4O3S2. The van der Waals surface area contributed by atoms with Gasteiger partial charge in [0.1, 0.15) is 16.9 Å². The second-order valence-corrected chi connectivity index (χ2v) is 9.78. The Morgan fingerprint density at radius 2 is 1.55 bits per heavy atom. The highest BCUT2D eigenvalue weighted by atomic mass is 32.2. The minimum absolute atomic E-state index is 0.0605. The smallest absolute Gasteiger partial charge is 0.244 e. The summed E-state index contributed by atoms with van der Waals surface area (Å²) in [4.78, 5) is 13.1. The van der Waals surface area contributed by atoms with Crippen molar-refractivity contribution < 1.29 is 17.6 Å². The maximum Gasteiger partial charge on any atom is 0.244 e. The number of hydrogen-bond donors (Lipinski definition) is 2. The zero-order valence-corrected chi connectivity index (χ0v) is 18.8. The van der Waals surface area contributed by atoms with E-state index in [1.54, 1.807) is 30.3 Å². The van der Waals surface area contributed by atoms with Gasteiger partial charge in [-0.15, -0.1) is 10.2 Å². The Balaban J connectivity index is 1.55. The number of anilines is 1. The number of nitrogens with zero attached hydrogens (tertiary/aromatic N) is 2. The van der Waals surface area contributed by atoms with Crippen LogP contribution in [0.25, 0.3) is 10.6 Å². The van der Waals surface area contributed by atoms with Crippen LogP contribution in [0.1, 0.15) is 5.56 Å². The van der Waals surface area contributed by atoms with Crippen molar-refractivity contribution in [3.05, 3.63) is 96.3 Å². The molecule has 0 aliphatic heterocycles. The van der Waals surface area contributed by atoms with Crippen LogP contribution < -0.4 is 10.0 Å². The lowest BCUT2D eigenvalue weighted by molar-refractivity contribution is -0.117. The molecule has 3 aromatic carbocycles. The Morgan fingerprint density at radius 1 is 0.909 bits per heavy atom. The summed E-state index contributed by atoms with van der Waals surface area (Å²) in [5.74, 6) is -0.939. The predicted octanol–water partition coefficient (Wildman–Crippen LogP) is 3.87. The van der Waals surface area contributed by atoms with Crippen molar-refractivity contribution in [3.63, 3.8) is 0 Å². The van der Waals surface area contributed by atoms with Gasteiger partial charge in [0.2, 0.25) is 21.1 Å². The first-order valence-electron chi connectivity index (χ1n) is 9.92. The molecule has 1 atom stereocenters. The second kappa shape index (κ2) is 9.99. The molecule has 0 fully saturated rings. The van der Waals surface area contributed by atoms with Crippen LogP contribution in [0.5, 0.6) is 0 Å². The first-order chi connectivity index (χ1) is 15.9. The fraction of sp³-hybridized carbons (Fsp3) is 0.0870. The molecule has 0 saturated carbocycles. The number of carbonyl (C=O) groups excluding carboxylic acids is 1. The molecule has 0 bridgehead atoms. The number of amides is 1. The van der Waals surface area contributed by atoms with Crippen LogP contribution in [0.15, 0.2) is 89.8 Å². The molecule has 1 amide bonds. The molecule has 33 heavy (non-hydrogen) atoms. The van der Waals surface area contributed by atoms with Gasteiger partial charge in [-0.2, -0.15) is 4.72 Å². The fourth-order valence-corrected chi connectivity index (χ4v) is 5.04. The quantitative estimate of drug-likeness (QED) is 0.397. The van der Waals surface area contributed by atoms with Gasteiger partial charge in [-0.25, -0.2) is 12.8 Å². The van der Waals surface area contributed by atoms with Crippen molar-refractivity contribution in [2.24, 2.45) is 0 Å². The van der Waals surface area contributed by atoms with Gasteiger partial charge >= 0.3 is 0 Å². The van der Waals surface area contributed by atoms with Crippen LogP contribution in [0.2, 0.25) is 0 Å². The third kappa shape index (κ3) is 5.86. The highest BCUT2D eigenvalue weighted by Gasteiger charge is 2.27. The summed E-state index contributed by atoms with van der Waals surface area (Å²) in [6.07, 6.45) is 0.141. The zero-order valence-electron chi connectivity index (χ0n) is 17.2. The standard InChI is InChI=1S/C23H19FN4O3S2/c24-18-13-11-17(12-14-18)22-26-27-23(32-22)25-21(29)20(15-16-7-3-1-4-8-16)28-33(30,31)19-9-5-2-6-10-19/h1-14,20,28H,15H2,(H,25,27,29). The molecule has 7 nitrogen and oxygen atoms in total. The van der Waals surface area contributed by atoms with E-state index in [4.69, 9.17) is 0 Å². The lowest BCUT2D eigenvalue weighted by Gasteiger charge is -2.18. The maximum atomic E-state index is 13.2. The van der Waals surface area contributed by atoms with Crippen molar-refractivity contribution in [2.75, 3.05) is 5.32 Å². The van der Waals surface area contributed by atoms with Gasteiger partial charge in [-0.05, 0) is 48.4 Å². The topological polar surface area (TPSA) is 101 Å². The van der Waals surface area contributed by atoms with E-state index >= 15 is 0 Å². The van der Waals surface area contributed by atoms with Crippen molar-refractivity contribution in [1.29, 1.82) is 0 Å².